The number of hydrogen-bond donors (Lipinski definition) is 1. The predicted molar refractivity (Wildman–Crippen MR) is 126 cm³/mol. The van der Waals surface area contributed by atoms with Crippen LogP contribution in [-0.4, -0.2) is 72.3 Å². The molecule has 0 atom stereocenters. The molecular weight excluding hydrogens is 473 g/mol. The number of halogens is 1. The fourth-order valence-corrected chi connectivity index (χ4v) is 4.51. The third-order valence-electron chi connectivity index (χ3n) is 4.64. The number of anilines is 1. The van der Waals surface area contributed by atoms with Crippen LogP contribution in [0.1, 0.15) is 26.3 Å². The summed E-state index contributed by atoms with van der Waals surface area (Å²) < 4.78 is 5.74. The second kappa shape index (κ2) is 10.7. The van der Waals surface area contributed by atoms with E-state index >= 15 is 0 Å². The maximum atomic E-state index is 5.47. The van der Waals surface area contributed by atoms with E-state index in [9.17, 15) is 0 Å². The van der Waals surface area contributed by atoms with Crippen LogP contribution >= 0.6 is 35.7 Å². The maximum Gasteiger partial charge on any atom is 0.194 e. The molecule has 2 saturated heterocycles. The van der Waals surface area contributed by atoms with E-state index in [4.69, 9.17) is 9.73 Å². The molecule has 0 aliphatic carbocycles. The van der Waals surface area contributed by atoms with Crippen LogP contribution in [0.25, 0.3) is 0 Å². The number of thioether (sulfide) groups is 1. The normalized spacial score (nSPS) is 20.2. The van der Waals surface area contributed by atoms with Crippen LogP contribution in [0.5, 0.6) is 0 Å². The molecule has 0 aromatic carbocycles. The van der Waals surface area contributed by atoms with E-state index in [1.54, 1.807) is 0 Å². The lowest BCUT2D eigenvalue weighted by molar-refractivity contribution is 0.122. The molecule has 8 heteroatoms. The molecule has 3 heterocycles. The quantitative estimate of drug-likeness (QED) is 0.386. The molecular formula is C19H32IN5OS. The standard InChI is InChI=1S/C19H31N5OS.HI/c1-4-20-18(24-10-13-26-19(2,3)15-24)22-14-16-6-5-7-21-17(16)23-8-11-25-12-9-23;/h5-7H,4,8-15H2,1-3H3,(H,20,22);1H. The Kier molecular flexibility index (Phi) is 8.94. The van der Waals surface area contributed by atoms with Crippen molar-refractivity contribution < 1.29 is 4.74 Å². The first-order valence-corrected chi connectivity index (χ1v) is 10.5. The molecule has 0 amide bonds. The SMILES string of the molecule is CCNC(=NCc1cccnc1N1CCOCC1)N1CCSC(C)(C)C1.I. The van der Waals surface area contributed by atoms with Crippen LogP contribution in [0.4, 0.5) is 5.82 Å². The van der Waals surface area contributed by atoms with Crippen LogP contribution < -0.4 is 10.2 Å². The third-order valence-corrected chi connectivity index (χ3v) is 5.93. The third kappa shape index (κ3) is 6.39. The largest absolute Gasteiger partial charge is 0.378 e. The number of guanidine groups is 1. The summed E-state index contributed by atoms with van der Waals surface area (Å²) in [5, 5.41) is 3.47. The molecule has 6 nitrogen and oxygen atoms in total. The van der Waals surface area contributed by atoms with E-state index in [-0.39, 0.29) is 28.7 Å². The Balaban J connectivity index is 0.00000261. The summed E-state index contributed by atoms with van der Waals surface area (Å²) in [6.07, 6.45) is 1.87. The molecule has 1 aromatic heterocycles. The lowest BCUT2D eigenvalue weighted by Gasteiger charge is -2.39. The summed E-state index contributed by atoms with van der Waals surface area (Å²) in [5.41, 5.74) is 1.18. The van der Waals surface area contributed by atoms with Gasteiger partial charge in [-0.1, -0.05) is 6.07 Å². The highest BCUT2D eigenvalue weighted by molar-refractivity contribution is 14.0. The van der Waals surface area contributed by atoms with Crippen molar-refractivity contribution in [2.24, 2.45) is 4.99 Å². The molecule has 152 valence electrons. The predicted octanol–water partition coefficient (Wildman–Crippen LogP) is 2.83. The molecule has 1 aromatic rings. The van der Waals surface area contributed by atoms with Crippen LogP contribution in [0, 0.1) is 0 Å². The number of aromatic nitrogens is 1. The molecule has 0 spiro atoms. The first-order valence-electron chi connectivity index (χ1n) is 9.53. The van der Waals surface area contributed by atoms with Gasteiger partial charge in [0.05, 0.1) is 19.8 Å². The van der Waals surface area contributed by atoms with Crippen molar-refractivity contribution in [2.75, 3.05) is 56.6 Å². The molecule has 3 rings (SSSR count). The van der Waals surface area contributed by atoms with Gasteiger partial charge in [0, 0.05) is 55.0 Å². The van der Waals surface area contributed by atoms with Gasteiger partial charge in [-0.05, 0) is 26.8 Å². The molecule has 2 aliphatic rings. The average Bonchev–Trinajstić information content (AvgIpc) is 2.65. The minimum absolute atomic E-state index is 0. The summed E-state index contributed by atoms with van der Waals surface area (Å²) in [6.45, 7) is 13.7. The van der Waals surface area contributed by atoms with Gasteiger partial charge in [0.2, 0.25) is 0 Å². The van der Waals surface area contributed by atoms with E-state index in [2.05, 4.69) is 46.9 Å². The molecule has 2 aliphatic heterocycles. The van der Waals surface area contributed by atoms with Crippen molar-refractivity contribution in [1.29, 1.82) is 0 Å². The van der Waals surface area contributed by atoms with Gasteiger partial charge in [-0.15, -0.1) is 24.0 Å². The lowest BCUT2D eigenvalue weighted by Crippen LogP contribution is -2.51. The molecule has 2 fully saturated rings. The fraction of sp³-hybridized carbons (Fsp3) is 0.684. The molecule has 1 N–H and O–H groups in total. The summed E-state index contributed by atoms with van der Waals surface area (Å²) in [5.74, 6) is 3.20. The van der Waals surface area contributed by atoms with Crippen LogP contribution in [0.15, 0.2) is 23.3 Å². The van der Waals surface area contributed by atoms with Gasteiger partial charge in [0.1, 0.15) is 5.82 Å². The lowest BCUT2D eigenvalue weighted by atomic mass is 10.2. The van der Waals surface area contributed by atoms with Gasteiger partial charge < -0.3 is 19.9 Å². The summed E-state index contributed by atoms with van der Waals surface area (Å²) in [7, 11) is 0. The zero-order valence-electron chi connectivity index (χ0n) is 16.6. The van der Waals surface area contributed by atoms with Crippen LogP contribution in [0.3, 0.4) is 0 Å². The minimum atomic E-state index is 0. The number of ether oxygens (including phenoxy) is 1. The van der Waals surface area contributed by atoms with Crippen molar-refractivity contribution in [2.45, 2.75) is 32.1 Å². The number of nitrogens with one attached hydrogen (secondary N) is 1. The van der Waals surface area contributed by atoms with E-state index in [1.807, 2.05) is 24.0 Å². The Hall–Kier alpha value is -0.740. The highest BCUT2D eigenvalue weighted by atomic mass is 127. The second-order valence-electron chi connectivity index (χ2n) is 7.29. The molecule has 0 bridgehead atoms. The second-order valence-corrected chi connectivity index (χ2v) is 9.09. The summed E-state index contributed by atoms with van der Waals surface area (Å²) in [6, 6.07) is 4.14. The van der Waals surface area contributed by atoms with Gasteiger partial charge in [0.25, 0.3) is 0 Å². The number of rotatable bonds is 4. The minimum Gasteiger partial charge on any atom is -0.378 e. The smallest absolute Gasteiger partial charge is 0.194 e. The highest BCUT2D eigenvalue weighted by Gasteiger charge is 2.28. The van der Waals surface area contributed by atoms with Gasteiger partial charge in [-0.25, -0.2) is 9.98 Å². The van der Waals surface area contributed by atoms with E-state index in [1.165, 1.54) is 5.56 Å². The maximum absolute atomic E-state index is 5.47. The molecule has 0 unspecified atom stereocenters. The van der Waals surface area contributed by atoms with E-state index in [0.29, 0.717) is 6.54 Å². The average molecular weight is 505 g/mol. The van der Waals surface area contributed by atoms with Crippen LogP contribution in [0.2, 0.25) is 0 Å². The zero-order valence-corrected chi connectivity index (χ0v) is 19.8. The van der Waals surface area contributed by atoms with Crippen molar-refractivity contribution in [3.8, 4) is 0 Å². The van der Waals surface area contributed by atoms with Crippen molar-refractivity contribution in [3.63, 3.8) is 0 Å². The van der Waals surface area contributed by atoms with Gasteiger partial charge in [0.15, 0.2) is 5.96 Å². The topological polar surface area (TPSA) is 53.0 Å². The van der Waals surface area contributed by atoms with E-state index < -0.39 is 0 Å². The number of aliphatic imine (C=N–C) groups is 1. The number of hydrogen-bond acceptors (Lipinski definition) is 5. The van der Waals surface area contributed by atoms with Crippen molar-refractivity contribution >= 4 is 47.5 Å². The zero-order chi connectivity index (χ0) is 18.4. The Bertz CT molecular complexity index is 622. The van der Waals surface area contributed by atoms with Gasteiger partial charge in [-0.2, -0.15) is 11.8 Å². The van der Waals surface area contributed by atoms with Crippen LogP contribution in [-0.2, 0) is 11.3 Å². The molecule has 0 radical (unpaired) electrons. The molecule has 27 heavy (non-hydrogen) atoms. The van der Waals surface area contributed by atoms with Gasteiger partial charge in [-0.3, -0.25) is 0 Å². The number of morpholine rings is 1. The van der Waals surface area contributed by atoms with Crippen molar-refractivity contribution in [3.05, 3.63) is 23.9 Å². The first-order chi connectivity index (χ1) is 12.6. The number of nitrogens with zero attached hydrogens (tertiary/aromatic N) is 4. The Morgan fingerprint density at radius 1 is 1.33 bits per heavy atom. The van der Waals surface area contributed by atoms with Gasteiger partial charge >= 0.3 is 0 Å². The summed E-state index contributed by atoms with van der Waals surface area (Å²) in [4.78, 5) is 14.3. The fourth-order valence-electron chi connectivity index (χ4n) is 3.40. The number of pyridine rings is 1. The molecule has 0 saturated carbocycles. The Morgan fingerprint density at radius 2 is 2.11 bits per heavy atom. The van der Waals surface area contributed by atoms with Crippen molar-refractivity contribution in [1.82, 2.24) is 15.2 Å². The Morgan fingerprint density at radius 3 is 2.81 bits per heavy atom. The highest BCUT2D eigenvalue weighted by Crippen LogP contribution is 2.29. The first kappa shape index (κ1) is 22.5. The van der Waals surface area contributed by atoms with E-state index in [0.717, 1.165) is 63.5 Å². The Labute approximate surface area is 184 Å². The summed E-state index contributed by atoms with van der Waals surface area (Å²) >= 11 is 2.04. The monoisotopic (exact) mass is 505 g/mol.